The van der Waals surface area contributed by atoms with Gasteiger partial charge in [-0.2, -0.15) is 0 Å². The lowest BCUT2D eigenvalue weighted by atomic mass is 10.1. The van der Waals surface area contributed by atoms with Crippen LogP contribution in [0.1, 0.15) is 53.8 Å². The molecule has 1 atom stereocenters. The van der Waals surface area contributed by atoms with Crippen molar-refractivity contribution in [1.29, 1.82) is 0 Å². The molecule has 138 valence electrons. The highest BCUT2D eigenvalue weighted by Gasteiger charge is 2.34. The third-order valence-electron chi connectivity index (χ3n) is 5.21. The molecule has 8 heteroatoms. The minimum atomic E-state index is -0.182. The molecule has 2 aliphatic rings. The molecule has 3 heterocycles. The van der Waals surface area contributed by atoms with Crippen LogP contribution in [0.5, 0.6) is 0 Å². The van der Waals surface area contributed by atoms with E-state index in [1.165, 1.54) is 0 Å². The molecule has 0 saturated heterocycles. The van der Waals surface area contributed by atoms with Gasteiger partial charge < -0.3 is 13.9 Å². The van der Waals surface area contributed by atoms with E-state index in [2.05, 4.69) is 15.2 Å². The van der Waals surface area contributed by atoms with Crippen molar-refractivity contribution in [3.63, 3.8) is 0 Å². The largest absolute Gasteiger partial charge is 0.448 e. The fourth-order valence-electron chi connectivity index (χ4n) is 3.52. The van der Waals surface area contributed by atoms with Gasteiger partial charge in [0, 0.05) is 29.6 Å². The number of amides is 1. The second-order valence-electron chi connectivity index (χ2n) is 7.06. The number of nitrogens with zero attached hydrogens (tertiary/aromatic N) is 5. The fourth-order valence-corrected chi connectivity index (χ4v) is 3.64. The Morgan fingerprint density at radius 2 is 1.96 bits per heavy atom. The molecule has 27 heavy (non-hydrogen) atoms. The average Bonchev–Trinajstić information content (AvgIpc) is 3.24. The number of hydrogen-bond donors (Lipinski definition) is 0. The first kappa shape index (κ1) is 16.5. The van der Waals surface area contributed by atoms with E-state index >= 15 is 0 Å². The minimum Gasteiger partial charge on any atom is -0.448 e. The summed E-state index contributed by atoms with van der Waals surface area (Å²) in [6.07, 6.45) is 3.92. The Morgan fingerprint density at radius 1 is 1.19 bits per heavy atom. The van der Waals surface area contributed by atoms with Crippen LogP contribution < -0.4 is 0 Å². The number of halogens is 1. The van der Waals surface area contributed by atoms with Crippen LogP contribution in [0.3, 0.4) is 0 Å². The lowest BCUT2D eigenvalue weighted by Gasteiger charge is -2.33. The topological polar surface area (TPSA) is 77.1 Å². The number of hydrogen-bond acceptors (Lipinski definition) is 5. The zero-order chi connectivity index (χ0) is 18.5. The van der Waals surface area contributed by atoms with E-state index < -0.39 is 0 Å². The molecule has 0 bridgehead atoms. The summed E-state index contributed by atoms with van der Waals surface area (Å²) in [5, 5.41) is 9.28. The molecule has 0 spiro atoms. The Kier molecular flexibility index (Phi) is 3.79. The molecule has 1 amide bonds. The summed E-state index contributed by atoms with van der Waals surface area (Å²) in [6.45, 7) is 3.16. The molecule has 2 aromatic heterocycles. The number of oxazole rings is 1. The normalized spacial score (nSPS) is 19.2. The molecule has 1 fully saturated rings. The summed E-state index contributed by atoms with van der Waals surface area (Å²) >= 11 is 5.92. The number of benzene rings is 1. The summed E-state index contributed by atoms with van der Waals surface area (Å²) in [5.74, 6) is 2.66. The van der Waals surface area contributed by atoms with E-state index in [-0.39, 0.29) is 11.9 Å². The molecule has 0 unspecified atom stereocenters. The van der Waals surface area contributed by atoms with Crippen LogP contribution in [-0.2, 0) is 6.54 Å². The highest BCUT2D eigenvalue weighted by atomic mass is 35.5. The van der Waals surface area contributed by atoms with Crippen molar-refractivity contribution in [3.05, 3.63) is 52.8 Å². The molecule has 1 aliphatic carbocycles. The predicted octanol–water partition coefficient (Wildman–Crippen LogP) is 3.68. The van der Waals surface area contributed by atoms with Gasteiger partial charge in [-0.25, -0.2) is 4.98 Å². The minimum absolute atomic E-state index is 0.0348. The van der Waals surface area contributed by atoms with E-state index in [9.17, 15) is 4.79 Å². The Morgan fingerprint density at radius 3 is 2.70 bits per heavy atom. The number of carbonyl (C=O) groups excluding carboxylic acids is 1. The van der Waals surface area contributed by atoms with Crippen molar-refractivity contribution in [3.8, 4) is 11.5 Å². The van der Waals surface area contributed by atoms with Crippen molar-refractivity contribution >= 4 is 17.5 Å². The molecular formula is C19H18ClN5O2. The molecular weight excluding hydrogens is 366 g/mol. The summed E-state index contributed by atoms with van der Waals surface area (Å²) in [5.41, 5.74) is 1.32. The Labute approximate surface area is 161 Å². The zero-order valence-corrected chi connectivity index (χ0v) is 15.6. The first-order valence-corrected chi connectivity index (χ1v) is 9.45. The van der Waals surface area contributed by atoms with Gasteiger partial charge in [0.05, 0.1) is 6.04 Å². The summed E-state index contributed by atoms with van der Waals surface area (Å²) in [7, 11) is 0. The van der Waals surface area contributed by atoms with Crippen molar-refractivity contribution in [2.75, 3.05) is 6.54 Å². The van der Waals surface area contributed by atoms with E-state index in [4.69, 9.17) is 16.0 Å². The number of aromatic nitrogens is 4. The third kappa shape index (κ3) is 2.82. The van der Waals surface area contributed by atoms with Crippen LogP contribution in [0.25, 0.3) is 11.5 Å². The fraction of sp³-hybridized carbons (Fsp3) is 0.368. The molecule has 5 rings (SSSR count). The SMILES string of the molecule is C[C@@H]1c2nnc(-c3coc(C4CC4)n3)n2CCN1C(=O)c1ccc(Cl)cc1. The van der Waals surface area contributed by atoms with Gasteiger partial charge in [0.1, 0.15) is 12.0 Å². The molecule has 1 saturated carbocycles. The number of rotatable bonds is 3. The average molecular weight is 384 g/mol. The Bertz CT molecular complexity index is 1010. The van der Waals surface area contributed by atoms with Crippen LogP contribution >= 0.6 is 11.6 Å². The van der Waals surface area contributed by atoms with Gasteiger partial charge in [0.15, 0.2) is 17.5 Å². The molecule has 1 aromatic carbocycles. The molecule has 1 aliphatic heterocycles. The maximum atomic E-state index is 12.9. The lowest BCUT2D eigenvalue weighted by Crippen LogP contribution is -2.41. The Hall–Kier alpha value is -2.67. The number of fused-ring (bicyclic) bond motifs is 1. The first-order chi connectivity index (χ1) is 13.1. The monoisotopic (exact) mass is 383 g/mol. The summed E-state index contributed by atoms with van der Waals surface area (Å²) in [6, 6.07) is 6.77. The maximum Gasteiger partial charge on any atom is 0.254 e. The Balaban J connectivity index is 1.42. The second-order valence-corrected chi connectivity index (χ2v) is 7.50. The predicted molar refractivity (Wildman–Crippen MR) is 98.4 cm³/mol. The van der Waals surface area contributed by atoms with Gasteiger partial charge in [-0.15, -0.1) is 10.2 Å². The van der Waals surface area contributed by atoms with Crippen LogP contribution in [0, 0.1) is 0 Å². The second kappa shape index (κ2) is 6.20. The van der Waals surface area contributed by atoms with Crippen molar-refractivity contribution in [2.24, 2.45) is 0 Å². The van der Waals surface area contributed by atoms with E-state index in [1.54, 1.807) is 30.5 Å². The highest BCUT2D eigenvalue weighted by Crippen LogP contribution is 2.40. The third-order valence-corrected chi connectivity index (χ3v) is 5.47. The maximum absolute atomic E-state index is 12.9. The van der Waals surface area contributed by atoms with Crippen LogP contribution in [0.2, 0.25) is 5.02 Å². The van der Waals surface area contributed by atoms with Crippen LogP contribution in [0.4, 0.5) is 0 Å². The first-order valence-electron chi connectivity index (χ1n) is 9.07. The van der Waals surface area contributed by atoms with Crippen LogP contribution in [0.15, 0.2) is 34.9 Å². The van der Waals surface area contributed by atoms with Gasteiger partial charge >= 0.3 is 0 Å². The van der Waals surface area contributed by atoms with E-state index in [0.717, 1.165) is 24.6 Å². The molecule has 3 aromatic rings. The zero-order valence-electron chi connectivity index (χ0n) is 14.8. The standard InChI is InChI=1S/C19H18ClN5O2/c1-11-16-22-23-17(15-10-27-18(21-15)12-2-3-12)25(16)9-8-24(11)19(26)13-4-6-14(20)7-5-13/h4-7,10-12H,2-3,8-9H2,1H3/t11-/m1/s1. The molecule has 7 nitrogen and oxygen atoms in total. The molecule has 0 N–H and O–H groups in total. The van der Waals surface area contributed by atoms with E-state index in [1.807, 2.05) is 16.4 Å². The van der Waals surface area contributed by atoms with Gasteiger partial charge in [-0.1, -0.05) is 11.6 Å². The molecule has 0 radical (unpaired) electrons. The lowest BCUT2D eigenvalue weighted by molar-refractivity contribution is 0.0638. The van der Waals surface area contributed by atoms with Crippen LogP contribution in [-0.4, -0.2) is 37.1 Å². The number of carbonyl (C=O) groups is 1. The van der Waals surface area contributed by atoms with Gasteiger partial charge in [-0.05, 0) is 44.0 Å². The van der Waals surface area contributed by atoms with E-state index in [0.29, 0.717) is 41.1 Å². The smallest absolute Gasteiger partial charge is 0.254 e. The highest BCUT2D eigenvalue weighted by molar-refractivity contribution is 6.30. The van der Waals surface area contributed by atoms with Gasteiger partial charge in [-0.3, -0.25) is 4.79 Å². The van der Waals surface area contributed by atoms with Crippen molar-refractivity contribution in [1.82, 2.24) is 24.6 Å². The summed E-state index contributed by atoms with van der Waals surface area (Å²) < 4.78 is 7.62. The van der Waals surface area contributed by atoms with Crippen molar-refractivity contribution < 1.29 is 9.21 Å². The van der Waals surface area contributed by atoms with Gasteiger partial charge in [0.25, 0.3) is 5.91 Å². The van der Waals surface area contributed by atoms with Gasteiger partial charge in [0.2, 0.25) is 0 Å². The quantitative estimate of drug-likeness (QED) is 0.689. The van der Waals surface area contributed by atoms with Crippen molar-refractivity contribution in [2.45, 2.75) is 38.3 Å². The summed E-state index contributed by atoms with van der Waals surface area (Å²) in [4.78, 5) is 19.3.